The van der Waals surface area contributed by atoms with E-state index in [1.165, 1.54) is 16.5 Å². The van der Waals surface area contributed by atoms with Gasteiger partial charge in [0.15, 0.2) is 22.0 Å². The van der Waals surface area contributed by atoms with Crippen molar-refractivity contribution < 1.29 is 22.7 Å². The molecule has 37 heavy (non-hydrogen) atoms. The topological polar surface area (TPSA) is 111 Å². The number of benzene rings is 2. The van der Waals surface area contributed by atoms with Gasteiger partial charge in [0.05, 0.1) is 18.3 Å². The molecule has 194 valence electrons. The number of nitrogens with zero attached hydrogens (tertiary/aromatic N) is 4. The summed E-state index contributed by atoms with van der Waals surface area (Å²) in [5.74, 6) is -1.14. The molecule has 5 rings (SSSR count). The number of esters is 1. The van der Waals surface area contributed by atoms with E-state index in [0.717, 1.165) is 16.4 Å². The standard InChI is InChI=1S/C26H30N4O5SSi/c1-26(17-29-16-20(27-28-29)37(2,3)4)24(30-21(31)15-22(30)36(26,33)34)25(32)35-23(18-11-7-5-8-12-18)19-13-9-6-10-14-19/h5-14,16,22-24H,15,17H2,1-4H3/t22-,24+,26+/m1/s1. The lowest BCUT2D eigenvalue weighted by atomic mass is 9.95. The lowest BCUT2D eigenvalue weighted by Gasteiger charge is -2.37. The van der Waals surface area contributed by atoms with Crippen LogP contribution in [0.2, 0.25) is 19.6 Å². The molecule has 2 aliphatic heterocycles. The molecule has 2 aliphatic rings. The second-order valence-electron chi connectivity index (χ2n) is 10.9. The van der Waals surface area contributed by atoms with Crippen LogP contribution < -0.4 is 5.32 Å². The number of carbonyl (C=O) groups is 2. The molecule has 2 saturated heterocycles. The number of ether oxygens (including phenoxy) is 1. The lowest BCUT2D eigenvalue weighted by Crippen LogP contribution is -2.58. The van der Waals surface area contributed by atoms with Gasteiger partial charge in [0.25, 0.3) is 0 Å². The maximum atomic E-state index is 13.9. The molecular formula is C26H30N4O5SSi. The fourth-order valence-electron chi connectivity index (χ4n) is 5.08. The lowest BCUT2D eigenvalue weighted by molar-refractivity contribution is -0.164. The van der Waals surface area contributed by atoms with Crippen molar-refractivity contribution in [2.45, 2.75) is 61.8 Å². The minimum absolute atomic E-state index is 0.117. The summed E-state index contributed by atoms with van der Waals surface area (Å²) in [6.07, 6.45) is 0.853. The van der Waals surface area contributed by atoms with Crippen LogP contribution in [0.5, 0.6) is 0 Å². The van der Waals surface area contributed by atoms with E-state index in [1.807, 2.05) is 60.7 Å². The first-order valence-electron chi connectivity index (χ1n) is 12.2. The highest BCUT2D eigenvalue weighted by atomic mass is 32.2. The van der Waals surface area contributed by atoms with E-state index in [2.05, 4.69) is 30.0 Å². The molecular weight excluding hydrogens is 508 g/mol. The first-order chi connectivity index (χ1) is 17.4. The molecule has 0 N–H and O–H groups in total. The van der Waals surface area contributed by atoms with E-state index >= 15 is 0 Å². The van der Waals surface area contributed by atoms with Crippen LogP contribution in [-0.4, -0.2) is 64.4 Å². The average molecular weight is 539 g/mol. The van der Waals surface area contributed by atoms with Gasteiger partial charge >= 0.3 is 5.97 Å². The Kier molecular flexibility index (Phi) is 6.10. The summed E-state index contributed by atoms with van der Waals surface area (Å²) in [5.41, 5.74) is 1.49. The summed E-state index contributed by atoms with van der Waals surface area (Å²) >= 11 is 0. The van der Waals surface area contributed by atoms with Crippen molar-refractivity contribution in [3.63, 3.8) is 0 Å². The van der Waals surface area contributed by atoms with Crippen LogP contribution in [0.3, 0.4) is 0 Å². The monoisotopic (exact) mass is 538 g/mol. The first-order valence-corrected chi connectivity index (χ1v) is 17.2. The zero-order chi connectivity index (χ0) is 26.6. The molecule has 9 nitrogen and oxygen atoms in total. The zero-order valence-corrected chi connectivity index (χ0v) is 23.1. The molecule has 3 atom stereocenters. The number of hydrogen-bond acceptors (Lipinski definition) is 7. The van der Waals surface area contributed by atoms with Gasteiger partial charge in [-0.25, -0.2) is 13.2 Å². The molecule has 0 unspecified atom stereocenters. The number of sulfone groups is 1. The van der Waals surface area contributed by atoms with Gasteiger partial charge in [-0.3, -0.25) is 9.48 Å². The number of hydrogen-bond donors (Lipinski definition) is 0. The summed E-state index contributed by atoms with van der Waals surface area (Å²) in [5, 5.41) is 8.22. The minimum Gasteiger partial charge on any atom is -0.451 e. The predicted molar refractivity (Wildman–Crippen MR) is 140 cm³/mol. The van der Waals surface area contributed by atoms with Crippen molar-refractivity contribution in [1.82, 2.24) is 19.9 Å². The molecule has 2 aromatic carbocycles. The minimum atomic E-state index is -3.92. The van der Waals surface area contributed by atoms with Gasteiger partial charge < -0.3 is 9.64 Å². The van der Waals surface area contributed by atoms with Crippen molar-refractivity contribution in [1.29, 1.82) is 0 Å². The molecule has 0 spiro atoms. The highest BCUT2D eigenvalue weighted by Gasteiger charge is 2.70. The van der Waals surface area contributed by atoms with Crippen LogP contribution >= 0.6 is 0 Å². The Morgan fingerprint density at radius 1 is 1.08 bits per heavy atom. The van der Waals surface area contributed by atoms with Crippen LogP contribution in [0.4, 0.5) is 0 Å². The van der Waals surface area contributed by atoms with Crippen LogP contribution in [0.15, 0.2) is 66.9 Å². The number of rotatable bonds is 7. The second kappa shape index (κ2) is 8.91. The summed E-state index contributed by atoms with van der Waals surface area (Å²) in [6, 6.07) is 17.2. The van der Waals surface area contributed by atoms with Crippen molar-refractivity contribution in [3.8, 4) is 0 Å². The summed E-state index contributed by atoms with van der Waals surface area (Å²) in [4.78, 5) is 27.7. The van der Waals surface area contributed by atoms with E-state index in [-0.39, 0.29) is 18.9 Å². The summed E-state index contributed by atoms with van der Waals surface area (Å²) in [6.45, 7) is 7.75. The zero-order valence-electron chi connectivity index (χ0n) is 21.2. The third kappa shape index (κ3) is 4.19. The Labute approximate surface area is 217 Å². The Morgan fingerprint density at radius 3 is 2.14 bits per heavy atom. The largest absolute Gasteiger partial charge is 0.451 e. The molecule has 1 aromatic heterocycles. The SMILES string of the molecule is C[C@]1(Cn2cc([Si](C)(C)C)nn2)[C@H](C(=O)OC(c2ccccc2)c2ccccc2)N2C(=O)C[C@H]2S1(=O)=O. The van der Waals surface area contributed by atoms with Crippen molar-refractivity contribution in [2.75, 3.05) is 0 Å². The first kappa shape index (κ1) is 25.3. The molecule has 0 radical (unpaired) electrons. The Hall–Kier alpha value is -3.31. The van der Waals surface area contributed by atoms with Gasteiger partial charge in [-0.1, -0.05) is 85.5 Å². The molecule has 3 heterocycles. The number of β-lactam (4-membered cyclic amide) rings is 1. The van der Waals surface area contributed by atoms with Gasteiger partial charge in [-0.15, -0.1) is 5.10 Å². The fourth-order valence-corrected chi connectivity index (χ4v) is 8.31. The molecule has 0 bridgehead atoms. The van der Waals surface area contributed by atoms with Crippen molar-refractivity contribution in [3.05, 3.63) is 78.0 Å². The van der Waals surface area contributed by atoms with Crippen LogP contribution in [0, 0.1) is 0 Å². The van der Waals surface area contributed by atoms with E-state index in [4.69, 9.17) is 4.74 Å². The van der Waals surface area contributed by atoms with Crippen molar-refractivity contribution >= 4 is 35.1 Å². The molecule has 11 heteroatoms. The van der Waals surface area contributed by atoms with Gasteiger partial charge in [-0.05, 0) is 18.1 Å². The Morgan fingerprint density at radius 2 is 1.65 bits per heavy atom. The predicted octanol–water partition coefficient (Wildman–Crippen LogP) is 2.27. The van der Waals surface area contributed by atoms with Gasteiger partial charge in [0.1, 0.15) is 18.2 Å². The highest BCUT2D eigenvalue weighted by Crippen LogP contribution is 2.47. The molecule has 0 aliphatic carbocycles. The van der Waals surface area contributed by atoms with Crippen molar-refractivity contribution in [2.24, 2.45) is 0 Å². The van der Waals surface area contributed by atoms with Gasteiger partial charge in [0, 0.05) is 6.20 Å². The number of aromatic nitrogens is 3. The van der Waals surface area contributed by atoms with Crippen LogP contribution in [0.25, 0.3) is 0 Å². The summed E-state index contributed by atoms with van der Waals surface area (Å²) < 4.78 is 33.3. The van der Waals surface area contributed by atoms with Gasteiger partial charge in [-0.2, -0.15) is 0 Å². The number of amides is 1. The molecule has 2 fully saturated rings. The summed E-state index contributed by atoms with van der Waals surface area (Å²) in [7, 11) is -5.71. The number of fused-ring (bicyclic) bond motifs is 1. The molecule has 1 amide bonds. The highest BCUT2D eigenvalue weighted by molar-refractivity contribution is 7.93. The quantitative estimate of drug-likeness (QED) is 0.258. The van der Waals surface area contributed by atoms with E-state index < -0.39 is 46.1 Å². The second-order valence-corrected chi connectivity index (χ2v) is 18.5. The van der Waals surface area contributed by atoms with Crippen LogP contribution in [0.1, 0.15) is 30.6 Å². The van der Waals surface area contributed by atoms with E-state index in [1.54, 1.807) is 6.20 Å². The molecule has 0 saturated carbocycles. The fraction of sp³-hybridized carbons (Fsp3) is 0.385. The van der Waals surface area contributed by atoms with E-state index in [0.29, 0.717) is 0 Å². The molecule has 3 aromatic rings. The van der Waals surface area contributed by atoms with Crippen LogP contribution in [-0.2, 0) is 30.7 Å². The van der Waals surface area contributed by atoms with E-state index in [9.17, 15) is 18.0 Å². The van der Waals surface area contributed by atoms with Gasteiger partial charge in [0.2, 0.25) is 5.91 Å². The number of carbonyl (C=O) groups excluding carboxylic acids is 2. The Balaban J connectivity index is 1.53. The third-order valence-electron chi connectivity index (χ3n) is 7.26. The Bertz CT molecular complexity index is 1400. The third-order valence-corrected chi connectivity index (χ3v) is 11.8. The maximum Gasteiger partial charge on any atom is 0.331 e. The average Bonchev–Trinajstić information content (AvgIpc) is 3.38. The smallest absolute Gasteiger partial charge is 0.331 e. The normalized spacial score (nSPS) is 24.6. The maximum absolute atomic E-state index is 13.9.